The van der Waals surface area contributed by atoms with Gasteiger partial charge in [-0.3, -0.25) is 9.20 Å². The van der Waals surface area contributed by atoms with E-state index in [1.807, 2.05) is 16.7 Å². The number of rotatable bonds is 3. The molecule has 0 aliphatic rings. The maximum absolute atomic E-state index is 11.9. The molecular weight excluding hydrogens is 320 g/mol. The average molecular weight is 334 g/mol. The number of pyridine rings is 2. The van der Waals surface area contributed by atoms with Crippen molar-refractivity contribution in [3.05, 3.63) is 41.1 Å². The van der Waals surface area contributed by atoms with Gasteiger partial charge in [-0.15, -0.1) is 12.6 Å². The number of nitrogens with zero attached hydrogens (tertiary/aromatic N) is 3. The molecule has 0 atom stereocenters. The standard InChI is InChI=1S/C14H14N4O2S2/c1-17-6-8(3-9(16-22)14(17)19)10-5-15-13-4-11(20-2)12(21)7-18(10)13/h3-7,16,21-22H,1-2H3. The fraction of sp³-hybridized carbons (Fsp3) is 0.143. The molecule has 0 saturated carbocycles. The molecule has 6 nitrogen and oxygen atoms in total. The Kier molecular flexibility index (Phi) is 3.79. The van der Waals surface area contributed by atoms with Gasteiger partial charge in [-0.2, -0.15) is 0 Å². The predicted octanol–water partition coefficient (Wildman–Crippen LogP) is 2.25. The van der Waals surface area contributed by atoms with Crippen LogP contribution >= 0.6 is 25.4 Å². The molecule has 0 aliphatic carbocycles. The highest BCUT2D eigenvalue weighted by molar-refractivity contribution is 7.81. The molecule has 0 bridgehead atoms. The number of methoxy groups -OCH3 is 1. The molecule has 3 aromatic heterocycles. The summed E-state index contributed by atoms with van der Waals surface area (Å²) in [4.78, 5) is 17.0. The van der Waals surface area contributed by atoms with Crippen molar-refractivity contribution in [2.24, 2.45) is 7.05 Å². The first-order valence-corrected chi connectivity index (χ1v) is 7.30. The minimum atomic E-state index is -0.149. The number of thiol groups is 2. The van der Waals surface area contributed by atoms with Gasteiger partial charge in [0.15, 0.2) is 0 Å². The predicted molar refractivity (Wildman–Crippen MR) is 92.3 cm³/mol. The van der Waals surface area contributed by atoms with Crippen molar-refractivity contribution >= 4 is 36.8 Å². The summed E-state index contributed by atoms with van der Waals surface area (Å²) >= 11 is 8.38. The largest absolute Gasteiger partial charge is 0.495 e. The summed E-state index contributed by atoms with van der Waals surface area (Å²) in [5, 5.41) is 0. The molecule has 0 aromatic carbocycles. The van der Waals surface area contributed by atoms with Gasteiger partial charge in [0.2, 0.25) is 0 Å². The molecular formula is C14H14N4O2S2. The molecule has 1 N–H and O–H groups in total. The average Bonchev–Trinajstić information content (AvgIpc) is 2.91. The quantitative estimate of drug-likeness (QED) is 0.643. The van der Waals surface area contributed by atoms with E-state index in [1.54, 1.807) is 32.6 Å². The minimum Gasteiger partial charge on any atom is -0.495 e. The summed E-state index contributed by atoms with van der Waals surface area (Å²) in [7, 11) is 3.28. The van der Waals surface area contributed by atoms with E-state index in [0.717, 1.165) is 16.9 Å². The monoisotopic (exact) mass is 334 g/mol. The SMILES string of the molecule is COc1cc2ncc(-c3cc(NS)c(=O)n(C)c3)n2cc1S. The number of aromatic nitrogens is 3. The molecule has 114 valence electrons. The molecule has 0 amide bonds. The van der Waals surface area contributed by atoms with Crippen LogP contribution in [0.2, 0.25) is 0 Å². The molecule has 22 heavy (non-hydrogen) atoms. The van der Waals surface area contributed by atoms with Crippen molar-refractivity contribution in [2.45, 2.75) is 4.90 Å². The Labute approximate surface area is 137 Å². The lowest BCUT2D eigenvalue weighted by molar-refractivity contribution is 0.404. The van der Waals surface area contributed by atoms with Crippen molar-refractivity contribution in [1.29, 1.82) is 0 Å². The molecule has 0 saturated heterocycles. The second kappa shape index (κ2) is 5.62. The van der Waals surface area contributed by atoms with Crippen molar-refractivity contribution in [2.75, 3.05) is 11.8 Å². The summed E-state index contributed by atoms with van der Waals surface area (Å²) in [5.74, 6) is 0.658. The molecule has 0 aliphatic heterocycles. The number of nitrogens with one attached hydrogen (secondary N) is 1. The van der Waals surface area contributed by atoms with Crippen LogP contribution in [-0.4, -0.2) is 21.1 Å². The van der Waals surface area contributed by atoms with Gasteiger partial charge < -0.3 is 14.0 Å². The van der Waals surface area contributed by atoms with E-state index in [9.17, 15) is 4.79 Å². The van der Waals surface area contributed by atoms with E-state index in [1.165, 1.54) is 4.57 Å². The van der Waals surface area contributed by atoms with Crippen LogP contribution in [0.25, 0.3) is 16.9 Å². The van der Waals surface area contributed by atoms with Crippen LogP contribution in [0.1, 0.15) is 0 Å². The third-order valence-corrected chi connectivity index (χ3v) is 3.99. The topological polar surface area (TPSA) is 60.6 Å². The van der Waals surface area contributed by atoms with Gasteiger partial charge in [-0.1, -0.05) is 12.8 Å². The van der Waals surface area contributed by atoms with E-state index in [2.05, 4.69) is 35.1 Å². The highest BCUT2D eigenvalue weighted by Crippen LogP contribution is 2.28. The van der Waals surface area contributed by atoms with Crippen LogP contribution in [0.4, 0.5) is 5.69 Å². The number of imidazole rings is 1. The molecule has 3 heterocycles. The number of aryl methyl sites for hydroxylation is 1. The number of ether oxygens (including phenoxy) is 1. The van der Waals surface area contributed by atoms with Crippen molar-refractivity contribution in [3.8, 4) is 17.0 Å². The van der Waals surface area contributed by atoms with Gasteiger partial charge in [0.1, 0.15) is 17.1 Å². The van der Waals surface area contributed by atoms with Gasteiger partial charge in [-0.25, -0.2) is 4.98 Å². The Bertz CT molecular complexity index is 917. The van der Waals surface area contributed by atoms with Crippen LogP contribution in [-0.2, 0) is 7.05 Å². The summed E-state index contributed by atoms with van der Waals surface area (Å²) in [6.07, 6.45) is 5.32. The number of fused-ring (bicyclic) bond motifs is 1. The highest BCUT2D eigenvalue weighted by atomic mass is 32.1. The maximum atomic E-state index is 11.9. The zero-order valence-corrected chi connectivity index (χ0v) is 13.7. The van der Waals surface area contributed by atoms with Crippen molar-refractivity contribution in [3.63, 3.8) is 0 Å². The van der Waals surface area contributed by atoms with E-state index in [-0.39, 0.29) is 5.56 Å². The zero-order valence-electron chi connectivity index (χ0n) is 11.9. The molecule has 0 radical (unpaired) electrons. The maximum Gasteiger partial charge on any atom is 0.274 e. The fourth-order valence-corrected chi connectivity index (χ4v) is 2.74. The number of hydrogen-bond acceptors (Lipinski definition) is 6. The molecule has 3 rings (SSSR count). The molecule has 0 unspecified atom stereocenters. The molecule has 3 aromatic rings. The molecule has 0 fully saturated rings. The number of hydrogen-bond donors (Lipinski definition) is 3. The Hall–Kier alpha value is -2.06. The molecule has 0 spiro atoms. The third-order valence-electron chi connectivity index (χ3n) is 3.41. The van der Waals surface area contributed by atoms with Crippen molar-refractivity contribution in [1.82, 2.24) is 14.0 Å². The van der Waals surface area contributed by atoms with E-state index in [4.69, 9.17) is 4.74 Å². The van der Waals surface area contributed by atoms with E-state index in [0.29, 0.717) is 16.3 Å². The van der Waals surface area contributed by atoms with Crippen LogP contribution < -0.4 is 15.0 Å². The van der Waals surface area contributed by atoms with E-state index >= 15 is 0 Å². The van der Waals surface area contributed by atoms with E-state index < -0.39 is 0 Å². The first-order chi connectivity index (χ1) is 10.5. The zero-order chi connectivity index (χ0) is 15.9. The Morgan fingerprint density at radius 3 is 2.77 bits per heavy atom. The van der Waals surface area contributed by atoms with Gasteiger partial charge in [0.05, 0.1) is 23.9 Å². The normalized spacial score (nSPS) is 10.9. The van der Waals surface area contributed by atoms with Crippen molar-refractivity contribution < 1.29 is 4.74 Å². The van der Waals surface area contributed by atoms with Crippen LogP contribution in [0, 0.1) is 0 Å². The first-order valence-electron chi connectivity index (χ1n) is 6.40. The van der Waals surface area contributed by atoms with Gasteiger partial charge in [-0.05, 0) is 6.07 Å². The second-order valence-corrected chi connectivity index (χ2v) is 5.47. The minimum absolute atomic E-state index is 0.149. The summed E-state index contributed by atoms with van der Waals surface area (Å²) < 4.78 is 11.3. The van der Waals surface area contributed by atoms with Gasteiger partial charge in [0, 0.05) is 31.1 Å². The first kappa shape index (κ1) is 14.9. The Morgan fingerprint density at radius 1 is 1.32 bits per heavy atom. The van der Waals surface area contributed by atoms with Crippen LogP contribution in [0.15, 0.2) is 40.4 Å². The second-order valence-electron chi connectivity index (χ2n) is 4.77. The lowest BCUT2D eigenvalue weighted by Gasteiger charge is -2.09. The highest BCUT2D eigenvalue weighted by Gasteiger charge is 2.12. The Balaban J connectivity index is 2.25. The Morgan fingerprint density at radius 2 is 2.09 bits per heavy atom. The van der Waals surface area contributed by atoms with Gasteiger partial charge >= 0.3 is 0 Å². The molecule has 8 heteroatoms. The van der Waals surface area contributed by atoms with Gasteiger partial charge in [0.25, 0.3) is 5.56 Å². The number of anilines is 1. The lowest BCUT2D eigenvalue weighted by atomic mass is 10.2. The summed E-state index contributed by atoms with van der Waals surface area (Å²) in [6, 6.07) is 3.55. The smallest absolute Gasteiger partial charge is 0.274 e. The lowest BCUT2D eigenvalue weighted by Crippen LogP contribution is -2.18. The fourth-order valence-electron chi connectivity index (χ4n) is 2.30. The van der Waals surface area contributed by atoms with Crippen LogP contribution in [0.5, 0.6) is 5.75 Å². The summed E-state index contributed by atoms with van der Waals surface area (Å²) in [6.45, 7) is 0. The van der Waals surface area contributed by atoms with Crippen LogP contribution in [0.3, 0.4) is 0 Å². The summed E-state index contributed by atoms with van der Waals surface area (Å²) in [5.41, 5.74) is 2.67. The third kappa shape index (κ3) is 2.34.